The summed E-state index contributed by atoms with van der Waals surface area (Å²) >= 11 is 0. The van der Waals surface area contributed by atoms with Crippen LogP contribution >= 0.6 is 0 Å². The topological polar surface area (TPSA) is 0 Å². The maximum atomic E-state index is 3.66. The summed E-state index contributed by atoms with van der Waals surface area (Å²) in [7, 11) is 0. The Kier molecular flexibility index (Phi) is 3.05. The third-order valence-electron chi connectivity index (χ3n) is 2.69. The molecule has 0 aromatic heterocycles. The molecule has 0 spiro atoms. The number of allylic oxidation sites excluding steroid dienone is 1. The maximum Gasteiger partial charge on any atom is -0.00252 e. The minimum atomic E-state index is 1.08. The zero-order valence-electron chi connectivity index (χ0n) is 9.40. The number of hydrogen-bond acceptors (Lipinski definition) is 0. The van der Waals surface area contributed by atoms with Gasteiger partial charge in [-0.05, 0) is 29.2 Å². The molecule has 0 saturated heterocycles. The Morgan fingerprint density at radius 1 is 0.875 bits per heavy atom. The average Bonchev–Trinajstić information content (AvgIpc) is 2.39. The summed E-state index contributed by atoms with van der Waals surface area (Å²) in [6, 6.07) is 18.8. The van der Waals surface area contributed by atoms with Crippen molar-refractivity contribution in [3.8, 4) is 11.1 Å². The van der Waals surface area contributed by atoms with Crippen molar-refractivity contribution >= 4 is 5.57 Å². The van der Waals surface area contributed by atoms with Crippen LogP contribution in [0, 0.1) is 0 Å². The van der Waals surface area contributed by atoms with Crippen LogP contribution in [-0.2, 0) is 0 Å². The zero-order valence-corrected chi connectivity index (χ0v) is 9.40. The van der Waals surface area contributed by atoms with Gasteiger partial charge in [-0.2, -0.15) is 0 Å². The molecule has 78 valence electrons. The van der Waals surface area contributed by atoms with Gasteiger partial charge in [0.05, 0.1) is 0 Å². The van der Waals surface area contributed by atoms with Gasteiger partial charge in [-0.25, -0.2) is 0 Å². The second-order valence-corrected chi connectivity index (χ2v) is 3.75. The molecule has 0 heteroatoms. The van der Waals surface area contributed by atoms with Gasteiger partial charge in [0.2, 0.25) is 0 Å². The molecule has 0 amide bonds. The molecular formula is C16H14. The first-order chi connectivity index (χ1) is 7.81. The fourth-order valence-corrected chi connectivity index (χ4v) is 1.65. The highest BCUT2D eigenvalue weighted by Crippen LogP contribution is 2.21. The van der Waals surface area contributed by atoms with Gasteiger partial charge in [-0.1, -0.05) is 61.2 Å². The summed E-state index contributed by atoms with van der Waals surface area (Å²) < 4.78 is 0. The summed E-state index contributed by atoms with van der Waals surface area (Å²) in [5.74, 6) is 0. The summed E-state index contributed by atoms with van der Waals surface area (Å²) in [6.07, 6.45) is 0. The fraction of sp³-hybridized carbons (Fsp3) is 0.0625. The Bertz CT molecular complexity index is 512. The molecule has 0 aliphatic carbocycles. The van der Waals surface area contributed by atoms with Gasteiger partial charge in [0.25, 0.3) is 0 Å². The molecule has 0 radical (unpaired) electrons. The molecule has 2 aromatic carbocycles. The van der Waals surface area contributed by atoms with Crippen LogP contribution in [-0.4, -0.2) is 0 Å². The van der Waals surface area contributed by atoms with Crippen molar-refractivity contribution in [1.29, 1.82) is 0 Å². The predicted molar refractivity (Wildman–Crippen MR) is 70.1 cm³/mol. The van der Waals surface area contributed by atoms with Crippen molar-refractivity contribution in [3.05, 3.63) is 72.5 Å². The standard InChI is InChI=1S/C16H14/c1-3-13(2)14-9-11-16(12-10-14)15-7-5-4-6-8-15/h4-12H,1H2,2H3. The molecular weight excluding hydrogens is 192 g/mol. The van der Waals surface area contributed by atoms with Gasteiger partial charge in [-0.3, -0.25) is 0 Å². The highest BCUT2D eigenvalue weighted by molar-refractivity contribution is 5.69. The number of benzene rings is 2. The fourth-order valence-electron chi connectivity index (χ4n) is 1.65. The van der Waals surface area contributed by atoms with Crippen LogP contribution in [0.25, 0.3) is 16.7 Å². The molecule has 0 saturated carbocycles. The van der Waals surface area contributed by atoms with E-state index in [1.165, 1.54) is 16.7 Å². The van der Waals surface area contributed by atoms with E-state index >= 15 is 0 Å². The van der Waals surface area contributed by atoms with E-state index in [1.807, 2.05) is 13.0 Å². The lowest BCUT2D eigenvalue weighted by Gasteiger charge is -2.03. The van der Waals surface area contributed by atoms with E-state index in [-0.39, 0.29) is 0 Å². The summed E-state index contributed by atoms with van der Waals surface area (Å²) in [4.78, 5) is 0. The van der Waals surface area contributed by atoms with E-state index in [2.05, 4.69) is 60.8 Å². The largest absolute Gasteiger partial charge is 0.125 e. The lowest BCUT2D eigenvalue weighted by Crippen LogP contribution is -1.80. The summed E-state index contributed by atoms with van der Waals surface area (Å²) in [5.41, 5.74) is 7.65. The first-order valence-corrected chi connectivity index (χ1v) is 5.34. The molecule has 2 aromatic rings. The predicted octanol–water partition coefficient (Wildman–Crippen LogP) is 4.54. The SMILES string of the molecule is C=C=C(C)c1ccc(-c2ccccc2)cc1. The first kappa shape index (κ1) is 10.5. The van der Waals surface area contributed by atoms with E-state index in [1.54, 1.807) is 0 Å². The summed E-state index contributed by atoms with van der Waals surface area (Å²) in [6.45, 7) is 5.67. The van der Waals surface area contributed by atoms with Crippen molar-refractivity contribution < 1.29 is 0 Å². The lowest BCUT2D eigenvalue weighted by atomic mass is 10.0. The van der Waals surface area contributed by atoms with E-state index in [0.717, 1.165) is 5.57 Å². The van der Waals surface area contributed by atoms with Crippen LogP contribution in [0.4, 0.5) is 0 Å². The Labute approximate surface area is 96.6 Å². The van der Waals surface area contributed by atoms with Crippen LogP contribution in [0.5, 0.6) is 0 Å². The van der Waals surface area contributed by atoms with Gasteiger partial charge < -0.3 is 0 Å². The molecule has 16 heavy (non-hydrogen) atoms. The van der Waals surface area contributed by atoms with Gasteiger partial charge in [0.15, 0.2) is 0 Å². The van der Waals surface area contributed by atoms with E-state index < -0.39 is 0 Å². The number of rotatable bonds is 2. The quantitative estimate of drug-likeness (QED) is 0.633. The molecule has 0 fully saturated rings. The normalized spacial score (nSPS) is 9.56. The highest BCUT2D eigenvalue weighted by Gasteiger charge is 1.97. The monoisotopic (exact) mass is 206 g/mol. The van der Waals surface area contributed by atoms with E-state index in [9.17, 15) is 0 Å². The third kappa shape index (κ3) is 2.13. The van der Waals surface area contributed by atoms with Crippen molar-refractivity contribution in [2.75, 3.05) is 0 Å². The smallest absolute Gasteiger partial charge is 0.00252 e. The second kappa shape index (κ2) is 4.65. The average molecular weight is 206 g/mol. The van der Waals surface area contributed by atoms with E-state index in [4.69, 9.17) is 0 Å². The second-order valence-electron chi connectivity index (χ2n) is 3.75. The van der Waals surface area contributed by atoms with Gasteiger partial charge in [0, 0.05) is 0 Å². The van der Waals surface area contributed by atoms with E-state index in [0.29, 0.717) is 0 Å². The number of hydrogen-bond donors (Lipinski definition) is 0. The van der Waals surface area contributed by atoms with Crippen LogP contribution in [0.15, 0.2) is 66.9 Å². The van der Waals surface area contributed by atoms with Gasteiger partial charge in [0.1, 0.15) is 0 Å². The lowest BCUT2D eigenvalue weighted by molar-refractivity contribution is 1.55. The van der Waals surface area contributed by atoms with Crippen molar-refractivity contribution in [3.63, 3.8) is 0 Å². The zero-order chi connectivity index (χ0) is 11.4. The molecule has 0 N–H and O–H groups in total. The Hall–Kier alpha value is -2.04. The minimum Gasteiger partial charge on any atom is -0.125 e. The first-order valence-electron chi connectivity index (χ1n) is 5.34. The summed E-state index contributed by atoms with van der Waals surface area (Å²) in [5, 5.41) is 0. The Morgan fingerprint density at radius 2 is 1.44 bits per heavy atom. The van der Waals surface area contributed by atoms with Crippen molar-refractivity contribution in [2.24, 2.45) is 0 Å². The molecule has 0 bridgehead atoms. The molecule has 0 aliphatic rings. The van der Waals surface area contributed by atoms with Crippen LogP contribution < -0.4 is 0 Å². The maximum absolute atomic E-state index is 3.66. The molecule has 2 rings (SSSR count). The van der Waals surface area contributed by atoms with Crippen LogP contribution in [0.2, 0.25) is 0 Å². The molecule has 0 atom stereocenters. The van der Waals surface area contributed by atoms with Crippen LogP contribution in [0.3, 0.4) is 0 Å². The highest BCUT2D eigenvalue weighted by atomic mass is 14.0. The molecule has 0 unspecified atom stereocenters. The Morgan fingerprint density at radius 3 is 2.00 bits per heavy atom. The molecule has 0 nitrogen and oxygen atoms in total. The van der Waals surface area contributed by atoms with Crippen molar-refractivity contribution in [2.45, 2.75) is 6.92 Å². The van der Waals surface area contributed by atoms with Crippen LogP contribution in [0.1, 0.15) is 12.5 Å². The minimum absolute atomic E-state index is 1.08. The molecule has 0 heterocycles. The van der Waals surface area contributed by atoms with Crippen molar-refractivity contribution in [1.82, 2.24) is 0 Å². The molecule has 0 aliphatic heterocycles. The Balaban J connectivity index is 2.37. The third-order valence-corrected chi connectivity index (χ3v) is 2.69. The van der Waals surface area contributed by atoms with Gasteiger partial charge in [-0.15, -0.1) is 5.73 Å². The van der Waals surface area contributed by atoms with Gasteiger partial charge >= 0.3 is 0 Å².